The summed E-state index contributed by atoms with van der Waals surface area (Å²) in [6, 6.07) is 12.3. The third kappa shape index (κ3) is 3.08. The van der Waals surface area contributed by atoms with Crippen LogP contribution in [0.1, 0.15) is 37.8 Å². The molecule has 0 bridgehead atoms. The molecule has 0 spiro atoms. The highest BCUT2D eigenvalue weighted by Crippen LogP contribution is 2.44. The van der Waals surface area contributed by atoms with Crippen LogP contribution in [-0.2, 0) is 15.4 Å². The maximum atomic E-state index is 11.7. The van der Waals surface area contributed by atoms with Gasteiger partial charge in [-0.05, 0) is 42.2 Å². The largest absolute Gasteiger partial charge is 0.359 e. The van der Waals surface area contributed by atoms with E-state index in [1.807, 2.05) is 17.8 Å². The van der Waals surface area contributed by atoms with Crippen molar-refractivity contribution in [3.05, 3.63) is 59.2 Å². The Kier molecular flexibility index (Phi) is 4.67. The Morgan fingerprint density at radius 3 is 2.68 bits per heavy atom. The second kappa shape index (κ2) is 6.90. The Labute approximate surface area is 168 Å². The number of hydrogen-bond acceptors (Lipinski definition) is 4. The van der Waals surface area contributed by atoms with Crippen molar-refractivity contribution in [3.8, 4) is 0 Å². The molecule has 146 valence electrons. The normalized spacial score (nSPS) is 12.7. The molecule has 2 aromatic heterocycles. The topological polar surface area (TPSA) is 74.8 Å². The molecule has 0 aliphatic rings. The molecule has 2 N–H and O–H groups in total. The zero-order chi connectivity index (χ0) is 19.9. The quantitative estimate of drug-likeness (QED) is 0.453. The van der Waals surface area contributed by atoms with Crippen LogP contribution in [0, 0.1) is 0 Å². The molecule has 0 saturated carbocycles. The standard InChI is InChI=1S/C21H23N3O2S2/c1-4-21(5-2,14-9-10-19-18(11-14)23-13-27-19)16-12-22-20-15(16)7-6-8-17(20)24-28(3,25)26/h6-13,22,24H,4-5H2,1-3H3. The fourth-order valence-electron chi connectivity index (χ4n) is 4.19. The number of anilines is 1. The predicted octanol–water partition coefficient (Wildman–Crippen LogP) is 5.26. The first-order valence-corrected chi connectivity index (χ1v) is 12.1. The highest BCUT2D eigenvalue weighted by Gasteiger charge is 2.33. The van der Waals surface area contributed by atoms with Gasteiger partial charge in [-0.2, -0.15) is 0 Å². The minimum atomic E-state index is -3.35. The first-order chi connectivity index (χ1) is 13.4. The number of hydrogen-bond donors (Lipinski definition) is 2. The minimum Gasteiger partial charge on any atom is -0.359 e. The van der Waals surface area contributed by atoms with Crippen LogP contribution >= 0.6 is 11.3 Å². The van der Waals surface area contributed by atoms with Crippen LogP contribution in [0.2, 0.25) is 0 Å². The summed E-state index contributed by atoms with van der Waals surface area (Å²) in [6.07, 6.45) is 5.04. The number of aromatic nitrogens is 2. The minimum absolute atomic E-state index is 0.181. The Morgan fingerprint density at radius 2 is 1.96 bits per heavy atom. The van der Waals surface area contributed by atoms with Gasteiger partial charge in [0.25, 0.3) is 0 Å². The zero-order valence-electron chi connectivity index (χ0n) is 16.1. The van der Waals surface area contributed by atoms with Crippen molar-refractivity contribution in [2.24, 2.45) is 0 Å². The fourth-order valence-corrected chi connectivity index (χ4v) is 5.41. The van der Waals surface area contributed by atoms with Gasteiger partial charge >= 0.3 is 0 Å². The Bertz CT molecular complexity index is 1250. The van der Waals surface area contributed by atoms with Crippen molar-refractivity contribution in [1.29, 1.82) is 0 Å². The van der Waals surface area contributed by atoms with E-state index in [4.69, 9.17) is 0 Å². The number of fused-ring (bicyclic) bond motifs is 2. The van der Waals surface area contributed by atoms with Crippen LogP contribution in [0.15, 0.2) is 48.1 Å². The molecule has 0 aliphatic heterocycles. The molecule has 0 saturated heterocycles. The summed E-state index contributed by atoms with van der Waals surface area (Å²) >= 11 is 1.65. The van der Waals surface area contributed by atoms with Crippen LogP contribution in [-0.4, -0.2) is 24.6 Å². The zero-order valence-corrected chi connectivity index (χ0v) is 17.7. The SMILES string of the molecule is CCC(CC)(c1ccc2scnc2c1)c1c[nH]c2c(NS(C)(=O)=O)cccc12. The number of nitrogens with zero attached hydrogens (tertiary/aromatic N) is 1. The molecule has 0 radical (unpaired) electrons. The molecule has 4 aromatic rings. The molecule has 5 nitrogen and oxygen atoms in total. The third-order valence-electron chi connectivity index (χ3n) is 5.62. The van der Waals surface area contributed by atoms with Crippen LogP contribution in [0.3, 0.4) is 0 Å². The first kappa shape index (κ1) is 19.0. The van der Waals surface area contributed by atoms with E-state index in [0.717, 1.165) is 29.3 Å². The van der Waals surface area contributed by atoms with E-state index >= 15 is 0 Å². The number of nitrogens with one attached hydrogen (secondary N) is 2. The smallest absolute Gasteiger partial charge is 0.229 e. The highest BCUT2D eigenvalue weighted by molar-refractivity contribution is 7.92. The van der Waals surface area contributed by atoms with Gasteiger partial charge in [0.05, 0.1) is 33.2 Å². The summed E-state index contributed by atoms with van der Waals surface area (Å²) in [4.78, 5) is 7.81. The summed E-state index contributed by atoms with van der Waals surface area (Å²) < 4.78 is 27.3. The maximum Gasteiger partial charge on any atom is 0.229 e. The second-order valence-electron chi connectivity index (χ2n) is 7.13. The molecular formula is C21H23N3O2S2. The van der Waals surface area contributed by atoms with Crippen molar-refractivity contribution < 1.29 is 8.42 Å². The molecule has 28 heavy (non-hydrogen) atoms. The van der Waals surface area contributed by atoms with Crippen LogP contribution in [0.4, 0.5) is 5.69 Å². The summed E-state index contributed by atoms with van der Waals surface area (Å²) in [7, 11) is -3.35. The Morgan fingerprint density at radius 1 is 1.18 bits per heavy atom. The molecule has 0 fully saturated rings. The molecular weight excluding hydrogens is 390 g/mol. The molecule has 7 heteroatoms. The van der Waals surface area contributed by atoms with Crippen LogP contribution in [0.25, 0.3) is 21.1 Å². The molecule has 2 heterocycles. The number of thiazole rings is 1. The van der Waals surface area contributed by atoms with E-state index < -0.39 is 10.0 Å². The molecule has 4 rings (SSSR count). The van der Waals surface area contributed by atoms with Crippen LogP contribution in [0.5, 0.6) is 0 Å². The Balaban J connectivity index is 1.93. The Hall–Kier alpha value is -2.38. The van der Waals surface area contributed by atoms with E-state index in [1.165, 1.54) is 22.1 Å². The van der Waals surface area contributed by atoms with Gasteiger partial charge in [0, 0.05) is 17.0 Å². The lowest BCUT2D eigenvalue weighted by Crippen LogP contribution is -2.25. The van der Waals surface area contributed by atoms with Crippen LogP contribution < -0.4 is 4.72 Å². The molecule has 0 amide bonds. The maximum absolute atomic E-state index is 11.7. The van der Waals surface area contributed by atoms with E-state index in [0.29, 0.717) is 5.69 Å². The van der Waals surface area contributed by atoms with Gasteiger partial charge in [0.1, 0.15) is 0 Å². The number of H-pyrrole nitrogens is 1. The van der Waals surface area contributed by atoms with Crippen molar-refractivity contribution in [3.63, 3.8) is 0 Å². The van der Waals surface area contributed by atoms with Gasteiger partial charge in [0.2, 0.25) is 10.0 Å². The lowest BCUT2D eigenvalue weighted by atomic mass is 9.70. The lowest BCUT2D eigenvalue weighted by Gasteiger charge is -2.32. The lowest BCUT2D eigenvalue weighted by molar-refractivity contribution is 0.482. The number of sulfonamides is 1. The number of aromatic amines is 1. The number of rotatable bonds is 6. The summed E-state index contributed by atoms with van der Waals surface area (Å²) in [6.45, 7) is 4.40. The fraction of sp³-hybridized carbons (Fsp3) is 0.286. The number of benzene rings is 2. The molecule has 0 aliphatic carbocycles. The van der Waals surface area contributed by atoms with Gasteiger partial charge in [-0.25, -0.2) is 13.4 Å². The van der Waals surface area contributed by atoms with Gasteiger partial charge in [-0.1, -0.05) is 32.0 Å². The van der Waals surface area contributed by atoms with Gasteiger partial charge < -0.3 is 4.98 Å². The molecule has 2 aromatic carbocycles. The van der Waals surface area contributed by atoms with E-state index in [1.54, 1.807) is 17.4 Å². The first-order valence-electron chi connectivity index (χ1n) is 9.30. The summed E-state index contributed by atoms with van der Waals surface area (Å²) in [5.74, 6) is 0. The van der Waals surface area contributed by atoms with Crippen molar-refractivity contribution in [2.45, 2.75) is 32.1 Å². The monoisotopic (exact) mass is 413 g/mol. The number of para-hydroxylation sites is 1. The summed E-state index contributed by atoms with van der Waals surface area (Å²) in [5.41, 5.74) is 6.51. The van der Waals surface area contributed by atoms with Crippen molar-refractivity contribution >= 4 is 48.2 Å². The molecule has 0 atom stereocenters. The highest BCUT2D eigenvalue weighted by atomic mass is 32.2. The average Bonchev–Trinajstić information content (AvgIpc) is 3.30. The van der Waals surface area contributed by atoms with E-state index in [2.05, 4.69) is 52.8 Å². The van der Waals surface area contributed by atoms with E-state index in [9.17, 15) is 8.42 Å². The van der Waals surface area contributed by atoms with Gasteiger partial charge in [-0.15, -0.1) is 11.3 Å². The molecule has 0 unspecified atom stereocenters. The van der Waals surface area contributed by atoms with Crippen molar-refractivity contribution in [2.75, 3.05) is 11.0 Å². The average molecular weight is 414 g/mol. The van der Waals surface area contributed by atoms with E-state index in [-0.39, 0.29) is 5.41 Å². The second-order valence-corrected chi connectivity index (χ2v) is 9.76. The van der Waals surface area contributed by atoms with Crippen molar-refractivity contribution in [1.82, 2.24) is 9.97 Å². The predicted molar refractivity (Wildman–Crippen MR) is 118 cm³/mol. The van der Waals surface area contributed by atoms with Gasteiger partial charge in [0.15, 0.2) is 0 Å². The van der Waals surface area contributed by atoms with Gasteiger partial charge in [-0.3, -0.25) is 4.72 Å². The summed E-state index contributed by atoms with van der Waals surface area (Å²) in [5, 5.41) is 1.04. The third-order valence-corrected chi connectivity index (χ3v) is 7.02.